The summed E-state index contributed by atoms with van der Waals surface area (Å²) >= 11 is 12.5. The summed E-state index contributed by atoms with van der Waals surface area (Å²) in [5.74, 6) is -3.64. The molecule has 2 unspecified atom stereocenters. The molecule has 11 heteroatoms. The summed E-state index contributed by atoms with van der Waals surface area (Å²) < 4.78 is 38.0. The lowest BCUT2D eigenvalue weighted by Crippen LogP contribution is -2.51. The zero-order valence-corrected chi connectivity index (χ0v) is 13.3. The molecule has 0 bridgehead atoms. The third-order valence-corrected chi connectivity index (χ3v) is 6.70. The summed E-state index contributed by atoms with van der Waals surface area (Å²) in [5.41, 5.74) is 0. The van der Waals surface area contributed by atoms with Crippen molar-refractivity contribution in [3.8, 4) is 0 Å². The molecule has 0 aromatic carbocycles. The highest BCUT2D eigenvalue weighted by molar-refractivity contribution is 7.86. The number of halogens is 2. The first-order chi connectivity index (χ1) is 10.0. The van der Waals surface area contributed by atoms with E-state index in [9.17, 15) is 23.1 Å². The van der Waals surface area contributed by atoms with Crippen LogP contribution in [-0.2, 0) is 33.4 Å². The number of aliphatic hydroxyl groups is 1. The summed E-state index contributed by atoms with van der Waals surface area (Å²) in [7, 11) is -3.91. The fourth-order valence-electron chi connectivity index (χ4n) is 4.19. The zero-order valence-electron chi connectivity index (χ0n) is 10.9. The monoisotopic (exact) mass is 372 g/mol. The van der Waals surface area contributed by atoms with Crippen LogP contribution < -0.4 is 0 Å². The van der Waals surface area contributed by atoms with Crippen LogP contribution in [-0.4, -0.2) is 65.9 Å². The first-order valence-corrected chi connectivity index (χ1v) is 8.96. The molecule has 4 fully saturated rings. The van der Waals surface area contributed by atoms with E-state index in [0.717, 1.165) is 6.26 Å². The SMILES string of the molecule is CS(=O)(=O)OC1[C@H]2OC(=O)[C@@]3(Cl)C(O)[C@@]4(Cl)C(=O)O[C@@H]1[C@H]4[C@@H]23. The van der Waals surface area contributed by atoms with Gasteiger partial charge in [0.1, 0.15) is 18.3 Å². The van der Waals surface area contributed by atoms with Crippen molar-refractivity contribution in [2.45, 2.75) is 34.2 Å². The Balaban J connectivity index is 1.87. The molecule has 8 nitrogen and oxygen atoms in total. The second kappa shape index (κ2) is 3.89. The summed E-state index contributed by atoms with van der Waals surface area (Å²) in [6.45, 7) is 0. The van der Waals surface area contributed by atoms with Crippen molar-refractivity contribution < 1.29 is 36.8 Å². The van der Waals surface area contributed by atoms with Gasteiger partial charge < -0.3 is 14.6 Å². The van der Waals surface area contributed by atoms with E-state index >= 15 is 0 Å². The fraction of sp³-hybridized carbons (Fsp3) is 0.818. The molecule has 2 heterocycles. The van der Waals surface area contributed by atoms with Gasteiger partial charge in [-0.3, -0.25) is 13.8 Å². The van der Waals surface area contributed by atoms with Crippen LogP contribution in [0.1, 0.15) is 0 Å². The smallest absolute Gasteiger partial charge is 0.330 e. The molecule has 0 spiro atoms. The molecule has 4 aliphatic rings. The Kier molecular flexibility index (Phi) is 2.64. The van der Waals surface area contributed by atoms with Crippen molar-refractivity contribution in [1.82, 2.24) is 0 Å². The van der Waals surface area contributed by atoms with Crippen LogP contribution in [0, 0.1) is 11.8 Å². The van der Waals surface area contributed by atoms with Gasteiger partial charge in [0.2, 0.25) is 0 Å². The molecule has 4 rings (SSSR count). The van der Waals surface area contributed by atoms with Crippen LogP contribution in [0.5, 0.6) is 0 Å². The average Bonchev–Trinajstić information content (AvgIpc) is 2.97. The van der Waals surface area contributed by atoms with E-state index in [1.54, 1.807) is 0 Å². The highest BCUT2D eigenvalue weighted by Gasteiger charge is 2.87. The number of rotatable bonds is 2. The fourth-order valence-corrected chi connectivity index (χ4v) is 5.82. The lowest BCUT2D eigenvalue weighted by atomic mass is 9.90. The predicted octanol–water partition coefficient (Wildman–Crippen LogP) is -1.24. The standard InChI is InChI=1S/C11H10Cl2O8S/c1-22(17,18)21-6-4-2-3-5(6)20-9(16)11(3,13)7(14)10(2,12)8(15)19-4/h2-7,14H,1H3/t2-,3+,4-,5+,6?,7?,10-,11+. The first-order valence-electron chi connectivity index (χ1n) is 6.39. The van der Waals surface area contributed by atoms with Crippen molar-refractivity contribution in [3.63, 3.8) is 0 Å². The van der Waals surface area contributed by atoms with Gasteiger partial charge in [-0.1, -0.05) is 0 Å². The number of hydrogen-bond donors (Lipinski definition) is 1. The van der Waals surface area contributed by atoms with E-state index in [-0.39, 0.29) is 0 Å². The molecule has 22 heavy (non-hydrogen) atoms. The second-order valence-electron chi connectivity index (χ2n) is 6.00. The molecule has 8 atom stereocenters. The third-order valence-electron chi connectivity index (χ3n) is 4.91. The van der Waals surface area contributed by atoms with Crippen LogP contribution in [0.3, 0.4) is 0 Å². The Morgan fingerprint density at radius 2 is 1.50 bits per heavy atom. The van der Waals surface area contributed by atoms with E-state index in [1.165, 1.54) is 0 Å². The summed E-state index contributed by atoms with van der Waals surface area (Å²) in [4.78, 5) is 20.3. The van der Waals surface area contributed by atoms with E-state index in [2.05, 4.69) is 0 Å². The highest BCUT2D eigenvalue weighted by atomic mass is 35.5. The molecule has 0 amide bonds. The highest BCUT2D eigenvalue weighted by Crippen LogP contribution is 2.68. The Bertz CT molecular complexity index is 667. The Morgan fingerprint density at radius 1 is 1.09 bits per heavy atom. The molecule has 2 aliphatic heterocycles. The molecule has 0 aromatic heterocycles. The van der Waals surface area contributed by atoms with E-state index in [4.69, 9.17) is 36.9 Å². The van der Waals surface area contributed by atoms with Gasteiger partial charge in [-0.2, -0.15) is 8.42 Å². The number of hydrogen-bond acceptors (Lipinski definition) is 8. The van der Waals surface area contributed by atoms with E-state index < -0.39 is 68.1 Å². The van der Waals surface area contributed by atoms with Crippen molar-refractivity contribution in [2.75, 3.05) is 6.26 Å². The maximum Gasteiger partial charge on any atom is 0.330 e. The summed E-state index contributed by atoms with van der Waals surface area (Å²) in [6.07, 6.45) is -4.22. The average molecular weight is 373 g/mol. The van der Waals surface area contributed by atoms with E-state index in [1.807, 2.05) is 0 Å². The second-order valence-corrected chi connectivity index (χ2v) is 8.85. The number of esters is 2. The van der Waals surface area contributed by atoms with Gasteiger partial charge in [-0.15, -0.1) is 23.2 Å². The van der Waals surface area contributed by atoms with Crippen LogP contribution in [0.4, 0.5) is 0 Å². The molecule has 122 valence electrons. The molecule has 2 aliphatic carbocycles. The van der Waals surface area contributed by atoms with Gasteiger partial charge in [0.15, 0.2) is 15.9 Å². The van der Waals surface area contributed by atoms with Gasteiger partial charge in [0, 0.05) is 11.8 Å². The molecule has 0 aromatic rings. The van der Waals surface area contributed by atoms with E-state index in [0.29, 0.717) is 0 Å². The minimum absolute atomic E-state index is 0.825. The predicted molar refractivity (Wildman–Crippen MR) is 69.6 cm³/mol. The summed E-state index contributed by atoms with van der Waals surface area (Å²) in [5, 5.41) is 10.4. The van der Waals surface area contributed by atoms with Crippen molar-refractivity contribution >= 4 is 45.3 Å². The molecular weight excluding hydrogens is 363 g/mol. The van der Waals surface area contributed by atoms with Crippen molar-refractivity contribution in [1.29, 1.82) is 0 Å². The number of alkyl halides is 2. The Labute approximate surface area is 134 Å². The number of carbonyl (C=O) groups is 2. The maximum atomic E-state index is 12.1. The maximum absolute atomic E-state index is 12.1. The van der Waals surface area contributed by atoms with Crippen molar-refractivity contribution in [2.24, 2.45) is 11.8 Å². The molecule has 2 saturated heterocycles. The van der Waals surface area contributed by atoms with Gasteiger partial charge in [0.25, 0.3) is 10.1 Å². The Morgan fingerprint density at radius 3 is 1.86 bits per heavy atom. The lowest BCUT2D eigenvalue weighted by Gasteiger charge is -2.25. The minimum Gasteiger partial charge on any atom is -0.458 e. The topological polar surface area (TPSA) is 116 Å². The first kappa shape index (κ1) is 14.9. The number of ether oxygens (including phenoxy) is 2. The van der Waals surface area contributed by atoms with Crippen LogP contribution >= 0.6 is 23.2 Å². The zero-order chi connectivity index (χ0) is 16.2. The van der Waals surface area contributed by atoms with Gasteiger partial charge in [-0.25, -0.2) is 0 Å². The third kappa shape index (κ3) is 1.40. The quantitative estimate of drug-likeness (QED) is 0.363. The molecule has 2 saturated carbocycles. The summed E-state index contributed by atoms with van der Waals surface area (Å²) in [6, 6.07) is 0. The van der Waals surface area contributed by atoms with Gasteiger partial charge in [-0.05, 0) is 0 Å². The van der Waals surface area contributed by atoms with Crippen LogP contribution in [0.15, 0.2) is 0 Å². The van der Waals surface area contributed by atoms with Crippen molar-refractivity contribution in [3.05, 3.63) is 0 Å². The van der Waals surface area contributed by atoms with Gasteiger partial charge in [0.05, 0.1) is 6.26 Å². The Hall–Kier alpha value is -0.610. The normalized spacial score (nSPS) is 55.3. The number of carbonyl (C=O) groups excluding carboxylic acids is 2. The number of aliphatic hydroxyl groups excluding tert-OH is 1. The molecular formula is C11H10Cl2O8S. The molecule has 0 radical (unpaired) electrons. The minimum atomic E-state index is -3.91. The lowest BCUT2D eigenvalue weighted by molar-refractivity contribution is -0.158. The van der Waals surface area contributed by atoms with Gasteiger partial charge >= 0.3 is 11.9 Å². The van der Waals surface area contributed by atoms with Crippen LogP contribution in [0.25, 0.3) is 0 Å². The largest absolute Gasteiger partial charge is 0.458 e. The van der Waals surface area contributed by atoms with Crippen LogP contribution in [0.2, 0.25) is 0 Å². The molecule has 1 N–H and O–H groups in total.